The summed E-state index contributed by atoms with van der Waals surface area (Å²) in [5, 5.41) is 0. The van der Waals surface area contributed by atoms with Crippen molar-refractivity contribution in [3.8, 4) is 0 Å². The van der Waals surface area contributed by atoms with E-state index in [1.165, 1.54) is 6.07 Å². The topological polar surface area (TPSA) is 3.24 Å². The summed E-state index contributed by atoms with van der Waals surface area (Å²) in [6.45, 7) is 0.898. The van der Waals surface area contributed by atoms with Gasteiger partial charge in [0.15, 0.2) is 0 Å². The summed E-state index contributed by atoms with van der Waals surface area (Å²) in [6.07, 6.45) is 3.38. The predicted molar refractivity (Wildman–Crippen MR) is 67.4 cm³/mol. The lowest BCUT2D eigenvalue weighted by molar-refractivity contribution is 0.617. The number of thiol groups is 1. The van der Waals surface area contributed by atoms with Crippen molar-refractivity contribution in [2.24, 2.45) is 0 Å². The minimum Gasteiger partial charge on any atom is -0.372 e. The van der Waals surface area contributed by atoms with Crippen LogP contribution in [0.2, 0.25) is 0 Å². The van der Waals surface area contributed by atoms with Crippen molar-refractivity contribution < 1.29 is 4.39 Å². The van der Waals surface area contributed by atoms with Gasteiger partial charge in [0.1, 0.15) is 5.82 Å². The third-order valence-corrected chi connectivity index (χ3v) is 2.73. The van der Waals surface area contributed by atoms with Gasteiger partial charge in [-0.3, -0.25) is 0 Å². The lowest BCUT2D eigenvalue weighted by Gasteiger charge is -2.19. The summed E-state index contributed by atoms with van der Waals surface area (Å²) < 4.78 is 13.4. The second-order valence-electron chi connectivity index (χ2n) is 3.66. The number of para-hydroxylation sites is 1. The zero-order valence-electron chi connectivity index (χ0n) is 9.12. The Kier molecular flexibility index (Phi) is 5.54. The second kappa shape index (κ2) is 6.72. The van der Waals surface area contributed by atoms with Crippen LogP contribution in [0.4, 0.5) is 10.1 Å². The van der Waals surface area contributed by atoms with E-state index in [1.807, 2.05) is 24.1 Å². The van der Waals surface area contributed by atoms with E-state index in [4.69, 9.17) is 0 Å². The van der Waals surface area contributed by atoms with Gasteiger partial charge in [-0.25, -0.2) is 4.39 Å². The van der Waals surface area contributed by atoms with E-state index >= 15 is 0 Å². The van der Waals surface area contributed by atoms with Crippen LogP contribution in [0.3, 0.4) is 0 Å². The molecule has 15 heavy (non-hydrogen) atoms. The molecule has 0 heterocycles. The van der Waals surface area contributed by atoms with Crippen LogP contribution in [0.25, 0.3) is 0 Å². The Bertz CT molecular complexity index is 291. The smallest absolute Gasteiger partial charge is 0.146 e. The van der Waals surface area contributed by atoms with E-state index in [-0.39, 0.29) is 5.82 Å². The first-order chi connectivity index (χ1) is 7.25. The summed E-state index contributed by atoms with van der Waals surface area (Å²) in [6, 6.07) is 6.89. The zero-order valence-corrected chi connectivity index (χ0v) is 10.0. The molecule has 0 atom stereocenters. The molecule has 0 aliphatic carbocycles. The van der Waals surface area contributed by atoms with Gasteiger partial charge in [-0.2, -0.15) is 12.6 Å². The van der Waals surface area contributed by atoms with Crippen LogP contribution in [-0.4, -0.2) is 19.3 Å². The maximum Gasteiger partial charge on any atom is 0.146 e. The Morgan fingerprint density at radius 2 is 1.93 bits per heavy atom. The molecule has 1 nitrogen and oxygen atoms in total. The molecule has 3 heteroatoms. The molecule has 0 radical (unpaired) electrons. The highest BCUT2D eigenvalue weighted by atomic mass is 32.1. The number of anilines is 1. The van der Waals surface area contributed by atoms with Crippen LogP contribution in [-0.2, 0) is 0 Å². The molecule has 0 unspecified atom stereocenters. The number of unbranched alkanes of at least 4 members (excludes halogenated alkanes) is 2. The normalized spacial score (nSPS) is 10.3. The molecule has 0 aromatic heterocycles. The van der Waals surface area contributed by atoms with Gasteiger partial charge < -0.3 is 4.90 Å². The van der Waals surface area contributed by atoms with Crippen LogP contribution in [0.15, 0.2) is 24.3 Å². The molecule has 0 bridgehead atoms. The fourth-order valence-corrected chi connectivity index (χ4v) is 1.74. The van der Waals surface area contributed by atoms with Crippen LogP contribution in [0.5, 0.6) is 0 Å². The van der Waals surface area contributed by atoms with Gasteiger partial charge >= 0.3 is 0 Å². The van der Waals surface area contributed by atoms with Gasteiger partial charge in [0.2, 0.25) is 0 Å². The molecule has 0 fully saturated rings. The van der Waals surface area contributed by atoms with Crippen molar-refractivity contribution in [1.29, 1.82) is 0 Å². The van der Waals surface area contributed by atoms with E-state index in [0.717, 1.165) is 31.6 Å². The average Bonchev–Trinajstić information content (AvgIpc) is 2.25. The summed E-state index contributed by atoms with van der Waals surface area (Å²) in [5.74, 6) is 0.790. The molecule has 84 valence electrons. The summed E-state index contributed by atoms with van der Waals surface area (Å²) in [5.41, 5.74) is 0.684. The molecule has 0 aliphatic heterocycles. The highest BCUT2D eigenvalue weighted by Crippen LogP contribution is 2.17. The van der Waals surface area contributed by atoms with E-state index in [1.54, 1.807) is 6.07 Å². The number of rotatable bonds is 6. The lowest BCUT2D eigenvalue weighted by Crippen LogP contribution is -2.19. The molecule has 0 aliphatic rings. The summed E-state index contributed by atoms with van der Waals surface area (Å²) in [4.78, 5) is 1.97. The molecule has 1 aromatic rings. The van der Waals surface area contributed by atoms with E-state index in [2.05, 4.69) is 12.6 Å². The van der Waals surface area contributed by atoms with Crippen molar-refractivity contribution in [2.45, 2.75) is 19.3 Å². The van der Waals surface area contributed by atoms with Gasteiger partial charge in [0, 0.05) is 13.6 Å². The Morgan fingerprint density at radius 3 is 2.60 bits per heavy atom. The monoisotopic (exact) mass is 227 g/mol. The lowest BCUT2D eigenvalue weighted by atomic mass is 10.2. The van der Waals surface area contributed by atoms with Crippen LogP contribution >= 0.6 is 12.6 Å². The minimum atomic E-state index is -0.144. The van der Waals surface area contributed by atoms with Crippen molar-refractivity contribution in [3.63, 3.8) is 0 Å². The fraction of sp³-hybridized carbons (Fsp3) is 0.500. The Hall–Kier alpha value is -0.700. The Morgan fingerprint density at radius 1 is 1.20 bits per heavy atom. The van der Waals surface area contributed by atoms with Gasteiger partial charge in [-0.05, 0) is 30.7 Å². The van der Waals surface area contributed by atoms with Crippen LogP contribution in [0, 0.1) is 5.82 Å². The van der Waals surface area contributed by atoms with Crippen molar-refractivity contribution in [1.82, 2.24) is 0 Å². The van der Waals surface area contributed by atoms with Gasteiger partial charge in [-0.15, -0.1) is 0 Å². The fourth-order valence-electron chi connectivity index (χ4n) is 1.52. The first-order valence-corrected chi connectivity index (χ1v) is 5.95. The van der Waals surface area contributed by atoms with Gasteiger partial charge in [0.05, 0.1) is 5.69 Å². The van der Waals surface area contributed by atoms with Crippen molar-refractivity contribution in [2.75, 3.05) is 24.2 Å². The van der Waals surface area contributed by atoms with Crippen LogP contribution in [0.1, 0.15) is 19.3 Å². The molecular formula is C12H18FNS. The van der Waals surface area contributed by atoms with E-state index < -0.39 is 0 Å². The predicted octanol–water partition coefficient (Wildman–Crippen LogP) is 3.36. The Balaban J connectivity index is 2.40. The van der Waals surface area contributed by atoms with Gasteiger partial charge in [0.25, 0.3) is 0 Å². The molecular weight excluding hydrogens is 209 g/mol. The largest absolute Gasteiger partial charge is 0.372 e. The number of hydrogen-bond acceptors (Lipinski definition) is 2. The molecule has 0 spiro atoms. The third-order valence-electron chi connectivity index (χ3n) is 2.42. The summed E-state index contributed by atoms with van der Waals surface area (Å²) in [7, 11) is 1.93. The average molecular weight is 227 g/mol. The molecule has 0 amide bonds. The number of benzene rings is 1. The Labute approximate surface area is 96.7 Å². The molecule has 0 saturated heterocycles. The quantitative estimate of drug-likeness (QED) is 0.576. The van der Waals surface area contributed by atoms with Crippen molar-refractivity contribution >= 4 is 18.3 Å². The van der Waals surface area contributed by atoms with Crippen LogP contribution < -0.4 is 4.90 Å². The van der Waals surface area contributed by atoms with Crippen molar-refractivity contribution in [3.05, 3.63) is 30.1 Å². The zero-order chi connectivity index (χ0) is 11.1. The molecule has 0 N–H and O–H groups in total. The maximum atomic E-state index is 13.4. The number of halogens is 1. The molecule has 1 rings (SSSR count). The first kappa shape index (κ1) is 12.4. The third kappa shape index (κ3) is 4.12. The maximum absolute atomic E-state index is 13.4. The highest BCUT2D eigenvalue weighted by Gasteiger charge is 2.05. The van der Waals surface area contributed by atoms with Gasteiger partial charge in [-0.1, -0.05) is 18.6 Å². The van der Waals surface area contributed by atoms with E-state index in [9.17, 15) is 4.39 Å². The number of nitrogens with zero attached hydrogens (tertiary/aromatic N) is 1. The minimum absolute atomic E-state index is 0.144. The van der Waals surface area contributed by atoms with E-state index in [0.29, 0.717) is 5.69 Å². The summed E-state index contributed by atoms with van der Waals surface area (Å²) >= 11 is 4.16. The standard InChI is InChI=1S/C12H18FNS/c1-14(9-5-2-6-10-15)12-8-4-3-7-11(12)13/h3-4,7-8,15H,2,5-6,9-10H2,1H3. The number of hydrogen-bond donors (Lipinski definition) is 1. The highest BCUT2D eigenvalue weighted by molar-refractivity contribution is 7.80. The first-order valence-electron chi connectivity index (χ1n) is 5.32. The molecule has 1 aromatic carbocycles. The second-order valence-corrected chi connectivity index (χ2v) is 4.10. The molecule has 0 saturated carbocycles. The SMILES string of the molecule is CN(CCCCCS)c1ccccc1F.